The minimum atomic E-state index is -1.03. The van der Waals surface area contributed by atoms with E-state index in [0.29, 0.717) is 11.3 Å². The molecule has 0 atom stereocenters. The summed E-state index contributed by atoms with van der Waals surface area (Å²) in [6.45, 7) is 0.112. The molecule has 3 aromatic rings. The van der Waals surface area contributed by atoms with Crippen molar-refractivity contribution in [1.82, 2.24) is 14.8 Å². The van der Waals surface area contributed by atoms with Gasteiger partial charge in [0.15, 0.2) is 0 Å². The molecule has 0 fully saturated rings. The maximum absolute atomic E-state index is 11.9. The van der Waals surface area contributed by atoms with E-state index in [4.69, 9.17) is 9.52 Å². The van der Waals surface area contributed by atoms with Crippen LogP contribution in [-0.2, 0) is 13.0 Å². The van der Waals surface area contributed by atoms with Gasteiger partial charge in [0.2, 0.25) is 0 Å². The van der Waals surface area contributed by atoms with Gasteiger partial charge in [-0.2, -0.15) is 5.10 Å². The number of rotatable bonds is 5. The van der Waals surface area contributed by atoms with Gasteiger partial charge in [0.25, 0.3) is 5.56 Å². The normalized spacial score (nSPS) is 10.7. The molecule has 0 amide bonds. The van der Waals surface area contributed by atoms with Crippen LogP contribution >= 0.6 is 0 Å². The van der Waals surface area contributed by atoms with Crippen LogP contribution in [0.1, 0.15) is 27.4 Å². The van der Waals surface area contributed by atoms with E-state index in [1.165, 1.54) is 18.4 Å². The molecule has 0 radical (unpaired) electrons. The van der Waals surface area contributed by atoms with Gasteiger partial charge in [-0.05, 0) is 29.8 Å². The minimum absolute atomic E-state index is 0.112. The molecule has 0 spiro atoms. The second-order valence-electron chi connectivity index (χ2n) is 5.12. The zero-order chi connectivity index (χ0) is 17.1. The highest BCUT2D eigenvalue weighted by molar-refractivity contribution is 5.87. The molecule has 24 heavy (non-hydrogen) atoms. The van der Waals surface area contributed by atoms with Crippen molar-refractivity contribution in [1.29, 1.82) is 0 Å². The van der Waals surface area contributed by atoms with E-state index >= 15 is 0 Å². The molecule has 0 unspecified atom stereocenters. The Morgan fingerprint density at radius 3 is 2.58 bits per heavy atom. The van der Waals surface area contributed by atoms with Crippen LogP contribution in [0, 0.1) is 0 Å². The summed E-state index contributed by atoms with van der Waals surface area (Å²) in [5.74, 6) is -0.467. The molecule has 8 nitrogen and oxygen atoms in total. The number of H-pyrrole nitrogens is 1. The first-order valence-electron chi connectivity index (χ1n) is 7.08. The average molecular weight is 327 g/mol. The number of carboxylic acid groups (broad SMARTS) is 1. The molecule has 2 N–H and O–H groups in total. The third-order valence-electron chi connectivity index (χ3n) is 3.41. The lowest BCUT2D eigenvalue weighted by Gasteiger charge is -2.06. The van der Waals surface area contributed by atoms with Gasteiger partial charge in [-0.15, -0.1) is 0 Å². The fraction of sp³-hybridized carbons (Fsp3) is 0.125. The summed E-state index contributed by atoms with van der Waals surface area (Å²) < 4.78 is 6.30. The topological polar surface area (TPSA) is 118 Å². The van der Waals surface area contributed by atoms with E-state index in [2.05, 4.69) is 10.1 Å². The highest BCUT2D eigenvalue weighted by Crippen LogP contribution is 2.06. The Hall–Kier alpha value is -3.42. The molecule has 1 aromatic carbocycles. The van der Waals surface area contributed by atoms with Crippen LogP contribution in [-0.4, -0.2) is 25.8 Å². The van der Waals surface area contributed by atoms with E-state index in [-0.39, 0.29) is 24.2 Å². The third-order valence-corrected chi connectivity index (χ3v) is 3.41. The molecular weight excluding hydrogens is 314 g/mol. The predicted octanol–water partition coefficient (Wildman–Crippen LogP) is 0.862. The number of furan rings is 1. The molecule has 3 rings (SSSR count). The van der Waals surface area contributed by atoms with Crippen LogP contribution < -0.4 is 11.2 Å². The number of aromatic carboxylic acids is 1. The van der Waals surface area contributed by atoms with Gasteiger partial charge in [-0.3, -0.25) is 9.78 Å². The van der Waals surface area contributed by atoms with Gasteiger partial charge < -0.3 is 9.52 Å². The summed E-state index contributed by atoms with van der Waals surface area (Å²) in [4.78, 5) is 36.8. The van der Waals surface area contributed by atoms with E-state index in [0.717, 1.165) is 4.68 Å². The van der Waals surface area contributed by atoms with Crippen LogP contribution in [0.3, 0.4) is 0 Å². The lowest BCUT2D eigenvalue weighted by molar-refractivity contribution is 0.0697. The van der Waals surface area contributed by atoms with Crippen molar-refractivity contribution in [2.24, 2.45) is 0 Å². The van der Waals surface area contributed by atoms with Crippen molar-refractivity contribution in [2.75, 3.05) is 0 Å². The lowest BCUT2D eigenvalue weighted by Crippen LogP contribution is -2.35. The summed E-state index contributed by atoms with van der Waals surface area (Å²) in [6, 6.07) is 9.48. The average Bonchev–Trinajstić information content (AvgIpc) is 3.05. The Kier molecular flexibility index (Phi) is 4.11. The summed E-state index contributed by atoms with van der Waals surface area (Å²) in [5.41, 5.74) is -0.198. The number of hydrogen-bond donors (Lipinski definition) is 2. The van der Waals surface area contributed by atoms with Crippen LogP contribution in [0.15, 0.2) is 56.7 Å². The molecule has 2 aromatic heterocycles. The van der Waals surface area contributed by atoms with Crippen molar-refractivity contribution < 1.29 is 14.3 Å². The Balaban J connectivity index is 1.88. The molecule has 0 aliphatic heterocycles. The van der Waals surface area contributed by atoms with E-state index in [9.17, 15) is 14.4 Å². The molecule has 0 bridgehead atoms. The zero-order valence-corrected chi connectivity index (χ0v) is 12.4. The predicted molar refractivity (Wildman–Crippen MR) is 83.1 cm³/mol. The number of aromatic nitrogens is 3. The number of benzene rings is 1. The fourth-order valence-electron chi connectivity index (χ4n) is 2.20. The summed E-state index contributed by atoms with van der Waals surface area (Å²) in [5, 5.41) is 13.0. The van der Waals surface area contributed by atoms with Crippen molar-refractivity contribution in [3.05, 3.63) is 86.1 Å². The van der Waals surface area contributed by atoms with Gasteiger partial charge in [-0.25, -0.2) is 14.3 Å². The van der Waals surface area contributed by atoms with E-state index < -0.39 is 17.2 Å². The maximum atomic E-state index is 11.9. The molecule has 0 aliphatic carbocycles. The largest absolute Gasteiger partial charge is 0.478 e. The molecule has 0 saturated heterocycles. The van der Waals surface area contributed by atoms with Gasteiger partial charge in [0.05, 0.1) is 24.8 Å². The van der Waals surface area contributed by atoms with Crippen molar-refractivity contribution >= 4 is 5.97 Å². The standard InChI is InChI=1S/C16H13N3O5/c20-14-13(8-12-2-1-7-24-12)18-19(16(23)17-14)9-10-3-5-11(6-4-10)15(21)22/h1-7H,8-9H2,(H,21,22)(H,17,20,23). The van der Waals surface area contributed by atoms with Crippen LogP contribution in [0.4, 0.5) is 0 Å². The number of nitrogens with zero attached hydrogens (tertiary/aromatic N) is 2. The summed E-state index contributed by atoms with van der Waals surface area (Å²) >= 11 is 0. The Bertz CT molecular complexity index is 968. The van der Waals surface area contributed by atoms with E-state index in [1.807, 2.05) is 0 Å². The van der Waals surface area contributed by atoms with Gasteiger partial charge in [0.1, 0.15) is 11.5 Å². The lowest BCUT2D eigenvalue weighted by atomic mass is 10.1. The third kappa shape index (κ3) is 3.32. The molecule has 2 heterocycles. The van der Waals surface area contributed by atoms with Gasteiger partial charge in [-0.1, -0.05) is 12.1 Å². The number of carboxylic acids is 1. The quantitative estimate of drug-likeness (QED) is 0.717. The number of nitrogens with one attached hydrogen (secondary N) is 1. The van der Waals surface area contributed by atoms with Crippen molar-refractivity contribution in [2.45, 2.75) is 13.0 Å². The van der Waals surface area contributed by atoms with Crippen LogP contribution in [0.5, 0.6) is 0 Å². The molecule has 0 saturated carbocycles. The van der Waals surface area contributed by atoms with Gasteiger partial charge >= 0.3 is 11.7 Å². The monoisotopic (exact) mass is 327 g/mol. The van der Waals surface area contributed by atoms with Crippen molar-refractivity contribution in [3.63, 3.8) is 0 Å². The number of hydrogen-bond acceptors (Lipinski definition) is 5. The van der Waals surface area contributed by atoms with Crippen LogP contribution in [0.25, 0.3) is 0 Å². The molecule has 122 valence electrons. The fourth-order valence-corrected chi connectivity index (χ4v) is 2.20. The molecule has 0 aliphatic rings. The van der Waals surface area contributed by atoms with Crippen molar-refractivity contribution in [3.8, 4) is 0 Å². The second-order valence-corrected chi connectivity index (χ2v) is 5.12. The Morgan fingerprint density at radius 1 is 1.21 bits per heavy atom. The summed E-state index contributed by atoms with van der Waals surface area (Å²) in [7, 11) is 0. The SMILES string of the molecule is O=C(O)c1ccc(Cn2nc(Cc3ccco3)c(=O)[nH]c2=O)cc1. The first-order valence-corrected chi connectivity index (χ1v) is 7.08. The minimum Gasteiger partial charge on any atom is -0.478 e. The highest BCUT2D eigenvalue weighted by Gasteiger charge is 2.10. The smallest absolute Gasteiger partial charge is 0.345 e. The second kappa shape index (κ2) is 6.37. The first kappa shape index (κ1) is 15.5. The molecule has 8 heteroatoms. The first-order chi connectivity index (χ1) is 11.5. The Morgan fingerprint density at radius 2 is 1.96 bits per heavy atom. The Labute approximate surface area is 135 Å². The maximum Gasteiger partial charge on any atom is 0.345 e. The number of aromatic amines is 1. The zero-order valence-electron chi connectivity index (χ0n) is 12.4. The summed E-state index contributed by atoms with van der Waals surface area (Å²) in [6.07, 6.45) is 1.66. The highest BCUT2D eigenvalue weighted by atomic mass is 16.4. The molecular formula is C16H13N3O5. The van der Waals surface area contributed by atoms with Crippen LogP contribution in [0.2, 0.25) is 0 Å². The van der Waals surface area contributed by atoms with E-state index in [1.54, 1.807) is 24.3 Å². The van der Waals surface area contributed by atoms with Gasteiger partial charge in [0, 0.05) is 0 Å². The number of carbonyl (C=O) groups is 1.